The minimum atomic E-state index is -0.384. The number of carbonyl (C=O) groups is 2. The number of H-pyrrole nitrogens is 1. The van der Waals surface area contributed by atoms with Gasteiger partial charge in [0, 0.05) is 22.5 Å². The molecule has 0 atom stereocenters. The van der Waals surface area contributed by atoms with Crippen LogP contribution in [0, 0.1) is 0 Å². The van der Waals surface area contributed by atoms with Crippen LogP contribution in [0.5, 0.6) is 0 Å². The molecule has 0 radical (unpaired) electrons. The average Bonchev–Trinajstić information content (AvgIpc) is 3.09. The summed E-state index contributed by atoms with van der Waals surface area (Å²) in [5, 5.41) is 7.64. The van der Waals surface area contributed by atoms with Gasteiger partial charge in [-0.15, -0.1) is 23.1 Å². The lowest BCUT2D eigenvalue weighted by molar-refractivity contribution is -0.115. The first-order valence-electron chi connectivity index (χ1n) is 7.92. The van der Waals surface area contributed by atoms with E-state index in [0.29, 0.717) is 16.4 Å². The number of thioether (sulfide) groups is 1. The number of aromatic amines is 1. The van der Waals surface area contributed by atoms with E-state index in [2.05, 4.69) is 20.6 Å². The van der Waals surface area contributed by atoms with Gasteiger partial charge in [-0.25, -0.2) is 4.98 Å². The van der Waals surface area contributed by atoms with Crippen molar-refractivity contribution < 1.29 is 9.59 Å². The molecule has 0 unspecified atom stereocenters. The van der Waals surface area contributed by atoms with E-state index >= 15 is 0 Å². The molecule has 2 aromatic heterocycles. The summed E-state index contributed by atoms with van der Waals surface area (Å²) in [5.74, 6) is -0.564. The molecule has 0 aliphatic carbocycles. The topological polar surface area (TPSA) is 104 Å². The van der Waals surface area contributed by atoms with E-state index < -0.39 is 0 Å². The Morgan fingerprint density at radius 3 is 2.74 bits per heavy atom. The van der Waals surface area contributed by atoms with Crippen LogP contribution < -0.4 is 16.2 Å². The molecule has 7 nitrogen and oxygen atoms in total. The predicted molar refractivity (Wildman–Crippen MR) is 108 cm³/mol. The Hall–Kier alpha value is -2.91. The number of nitrogens with zero attached hydrogens (tertiary/aromatic N) is 1. The molecule has 0 saturated heterocycles. The molecular formula is C18H16N4O3S2. The van der Waals surface area contributed by atoms with Gasteiger partial charge >= 0.3 is 0 Å². The van der Waals surface area contributed by atoms with Gasteiger partial charge < -0.3 is 10.3 Å². The molecular weight excluding hydrogens is 384 g/mol. The number of pyridine rings is 1. The summed E-state index contributed by atoms with van der Waals surface area (Å²) in [4.78, 5) is 43.1. The first kappa shape index (κ1) is 18.9. The van der Waals surface area contributed by atoms with Crippen molar-refractivity contribution >= 4 is 45.7 Å². The van der Waals surface area contributed by atoms with Gasteiger partial charge in [0.15, 0.2) is 5.13 Å². The number of thiazole rings is 1. The highest BCUT2D eigenvalue weighted by Crippen LogP contribution is 2.25. The molecule has 0 bridgehead atoms. The van der Waals surface area contributed by atoms with Crippen molar-refractivity contribution in [2.75, 3.05) is 16.9 Å². The van der Waals surface area contributed by atoms with Crippen LogP contribution in [0.25, 0.3) is 0 Å². The summed E-state index contributed by atoms with van der Waals surface area (Å²) in [6.07, 6.45) is 3.39. The van der Waals surface area contributed by atoms with E-state index in [0.717, 1.165) is 10.6 Å². The Morgan fingerprint density at radius 2 is 2.00 bits per heavy atom. The van der Waals surface area contributed by atoms with E-state index in [1.807, 2.05) is 30.5 Å². The number of hydrogen-bond acceptors (Lipinski definition) is 6. The highest BCUT2D eigenvalue weighted by atomic mass is 32.2. The highest BCUT2D eigenvalue weighted by molar-refractivity contribution is 7.98. The zero-order valence-electron chi connectivity index (χ0n) is 14.3. The Balaban J connectivity index is 1.60. The number of amides is 2. The second-order valence-electron chi connectivity index (χ2n) is 5.46. The van der Waals surface area contributed by atoms with Crippen molar-refractivity contribution in [2.24, 2.45) is 0 Å². The number of anilines is 2. The van der Waals surface area contributed by atoms with Crippen LogP contribution in [0.4, 0.5) is 10.8 Å². The van der Waals surface area contributed by atoms with Crippen LogP contribution in [-0.4, -0.2) is 28.0 Å². The van der Waals surface area contributed by atoms with Gasteiger partial charge in [0.1, 0.15) is 0 Å². The molecule has 2 heterocycles. The molecule has 0 fully saturated rings. The van der Waals surface area contributed by atoms with Gasteiger partial charge in [0.05, 0.1) is 23.4 Å². The summed E-state index contributed by atoms with van der Waals surface area (Å²) >= 11 is 2.79. The number of nitrogens with one attached hydrogen (secondary N) is 3. The molecule has 3 rings (SSSR count). The van der Waals surface area contributed by atoms with Crippen molar-refractivity contribution in [1.29, 1.82) is 0 Å². The number of rotatable bonds is 6. The van der Waals surface area contributed by atoms with E-state index in [1.54, 1.807) is 17.1 Å². The fraction of sp³-hybridized carbons (Fsp3) is 0.111. The van der Waals surface area contributed by atoms with Crippen molar-refractivity contribution in [2.45, 2.75) is 11.3 Å². The van der Waals surface area contributed by atoms with Crippen LogP contribution in [0.15, 0.2) is 57.7 Å². The minimum Gasteiger partial charge on any atom is -0.328 e. The standard InChI is InChI=1S/C18H16N4O3S2/c1-26-14-5-3-2-4-13(14)21-16(24)8-12-10-27-18(20-12)22-17(25)11-6-7-15(23)19-9-11/h2-7,9-10H,8H2,1H3,(H,19,23)(H,21,24)(H,20,22,25). The molecule has 138 valence electrons. The normalized spacial score (nSPS) is 10.4. The maximum atomic E-state index is 12.3. The lowest BCUT2D eigenvalue weighted by Gasteiger charge is -2.08. The van der Waals surface area contributed by atoms with E-state index in [4.69, 9.17) is 0 Å². The van der Waals surface area contributed by atoms with Crippen LogP contribution in [0.3, 0.4) is 0 Å². The Kier molecular flexibility index (Phi) is 6.05. The highest BCUT2D eigenvalue weighted by Gasteiger charge is 2.12. The lowest BCUT2D eigenvalue weighted by Crippen LogP contribution is -2.16. The molecule has 3 N–H and O–H groups in total. The third kappa shape index (κ3) is 5.05. The Bertz CT molecular complexity index is 1010. The Labute approximate surface area is 163 Å². The largest absolute Gasteiger partial charge is 0.328 e. The fourth-order valence-electron chi connectivity index (χ4n) is 2.27. The first-order chi connectivity index (χ1) is 13.0. The second-order valence-corrected chi connectivity index (χ2v) is 7.17. The van der Waals surface area contributed by atoms with Gasteiger partial charge in [-0.3, -0.25) is 19.7 Å². The van der Waals surface area contributed by atoms with E-state index in [-0.39, 0.29) is 23.8 Å². The third-order valence-corrected chi connectivity index (χ3v) is 5.14. The Morgan fingerprint density at radius 1 is 1.19 bits per heavy atom. The lowest BCUT2D eigenvalue weighted by atomic mass is 10.3. The smallest absolute Gasteiger partial charge is 0.258 e. The molecule has 9 heteroatoms. The summed E-state index contributed by atoms with van der Waals surface area (Å²) in [5.41, 5.74) is 1.36. The summed E-state index contributed by atoms with van der Waals surface area (Å²) < 4.78 is 0. The molecule has 0 spiro atoms. The predicted octanol–water partition coefficient (Wildman–Crippen LogP) is 2.99. The van der Waals surface area contributed by atoms with Crippen LogP contribution >= 0.6 is 23.1 Å². The quantitative estimate of drug-likeness (QED) is 0.552. The first-order valence-corrected chi connectivity index (χ1v) is 10.0. The monoisotopic (exact) mass is 400 g/mol. The van der Waals surface area contributed by atoms with Crippen molar-refractivity contribution in [3.63, 3.8) is 0 Å². The molecule has 0 saturated carbocycles. The van der Waals surface area contributed by atoms with Gasteiger partial charge in [0.25, 0.3) is 5.91 Å². The zero-order chi connectivity index (χ0) is 19.2. The maximum absolute atomic E-state index is 12.3. The van der Waals surface area contributed by atoms with Crippen molar-refractivity contribution in [1.82, 2.24) is 9.97 Å². The van der Waals surface area contributed by atoms with Crippen LogP contribution in [-0.2, 0) is 11.2 Å². The van der Waals surface area contributed by atoms with Crippen molar-refractivity contribution in [3.05, 3.63) is 69.6 Å². The van der Waals surface area contributed by atoms with E-state index in [9.17, 15) is 14.4 Å². The minimum absolute atomic E-state index is 0.105. The van der Waals surface area contributed by atoms with Crippen LogP contribution in [0.2, 0.25) is 0 Å². The summed E-state index contributed by atoms with van der Waals surface area (Å²) in [6.45, 7) is 0. The molecule has 2 amide bonds. The summed E-state index contributed by atoms with van der Waals surface area (Å²) in [6, 6.07) is 10.3. The maximum Gasteiger partial charge on any atom is 0.258 e. The third-order valence-electron chi connectivity index (χ3n) is 3.54. The van der Waals surface area contributed by atoms with Crippen molar-refractivity contribution in [3.8, 4) is 0 Å². The fourth-order valence-corrected chi connectivity index (χ4v) is 3.53. The van der Waals surface area contributed by atoms with Gasteiger partial charge in [-0.2, -0.15) is 0 Å². The summed E-state index contributed by atoms with van der Waals surface area (Å²) in [7, 11) is 0. The number of para-hydroxylation sites is 1. The number of carbonyl (C=O) groups excluding carboxylic acids is 2. The molecule has 3 aromatic rings. The number of hydrogen-bond donors (Lipinski definition) is 3. The number of benzene rings is 1. The molecule has 27 heavy (non-hydrogen) atoms. The van der Waals surface area contributed by atoms with Gasteiger partial charge in [-0.1, -0.05) is 12.1 Å². The second kappa shape index (κ2) is 8.65. The van der Waals surface area contributed by atoms with E-state index in [1.165, 1.54) is 29.7 Å². The molecule has 0 aliphatic rings. The SMILES string of the molecule is CSc1ccccc1NC(=O)Cc1csc(NC(=O)c2ccc(=O)[nH]c2)n1. The zero-order valence-corrected chi connectivity index (χ0v) is 15.9. The molecule has 1 aromatic carbocycles. The average molecular weight is 400 g/mol. The number of aromatic nitrogens is 2. The molecule has 0 aliphatic heterocycles. The van der Waals surface area contributed by atoms with Crippen LogP contribution in [0.1, 0.15) is 16.1 Å². The van der Waals surface area contributed by atoms with Gasteiger partial charge in [0.2, 0.25) is 11.5 Å². The van der Waals surface area contributed by atoms with Gasteiger partial charge in [-0.05, 0) is 24.5 Å².